The van der Waals surface area contributed by atoms with Gasteiger partial charge in [0.05, 0.1) is 13.2 Å². The Kier molecular flexibility index (Phi) is 5.42. The molecule has 0 bridgehead atoms. The number of rotatable bonds is 7. The van der Waals surface area contributed by atoms with Gasteiger partial charge >= 0.3 is 0 Å². The van der Waals surface area contributed by atoms with Crippen LogP contribution in [0.4, 0.5) is 5.82 Å². The SMILES string of the molecule is CCCCN(CC(N)=O)c1ccc(CO)cn1. The van der Waals surface area contributed by atoms with Gasteiger partial charge in [0.1, 0.15) is 5.82 Å². The molecule has 1 aromatic rings. The zero-order chi connectivity index (χ0) is 12.7. The third-order valence-corrected chi connectivity index (χ3v) is 2.44. The van der Waals surface area contributed by atoms with Crippen LogP contribution in [0.1, 0.15) is 25.3 Å². The summed E-state index contributed by atoms with van der Waals surface area (Å²) in [4.78, 5) is 17.1. The molecule has 17 heavy (non-hydrogen) atoms. The van der Waals surface area contributed by atoms with Gasteiger partial charge in [-0.1, -0.05) is 19.4 Å². The van der Waals surface area contributed by atoms with Crippen molar-refractivity contribution in [3.8, 4) is 0 Å². The fourth-order valence-corrected chi connectivity index (χ4v) is 1.51. The Hall–Kier alpha value is -1.62. The zero-order valence-corrected chi connectivity index (χ0v) is 10.1. The van der Waals surface area contributed by atoms with E-state index in [4.69, 9.17) is 10.8 Å². The van der Waals surface area contributed by atoms with Crippen LogP contribution >= 0.6 is 0 Å². The summed E-state index contributed by atoms with van der Waals surface area (Å²) in [5.74, 6) is 0.351. The van der Waals surface area contributed by atoms with Gasteiger partial charge in [0, 0.05) is 12.7 Å². The van der Waals surface area contributed by atoms with E-state index in [1.807, 2.05) is 4.90 Å². The number of aromatic nitrogens is 1. The average Bonchev–Trinajstić information content (AvgIpc) is 2.34. The number of pyridine rings is 1. The number of hydrogen-bond acceptors (Lipinski definition) is 4. The third-order valence-electron chi connectivity index (χ3n) is 2.44. The topological polar surface area (TPSA) is 79.5 Å². The van der Waals surface area contributed by atoms with Gasteiger partial charge in [-0.05, 0) is 18.1 Å². The van der Waals surface area contributed by atoms with E-state index in [9.17, 15) is 4.79 Å². The molecule has 0 spiro atoms. The molecule has 5 nitrogen and oxygen atoms in total. The summed E-state index contributed by atoms with van der Waals surface area (Å²) < 4.78 is 0. The maximum absolute atomic E-state index is 11.0. The molecule has 0 aromatic carbocycles. The normalized spacial score (nSPS) is 10.2. The van der Waals surface area contributed by atoms with Crippen molar-refractivity contribution in [1.29, 1.82) is 0 Å². The Morgan fingerprint density at radius 1 is 1.53 bits per heavy atom. The highest BCUT2D eigenvalue weighted by molar-refractivity contribution is 5.79. The van der Waals surface area contributed by atoms with Crippen molar-refractivity contribution in [2.75, 3.05) is 18.0 Å². The second-order valence-electron chi connectivity index (χ2n) is 3.92. The van der Waals surface area contributed by atoms with E-state index in [2.05, 4.69) is 11.9 Å². The first-order valence-corrected chi connectivity index (χ1v) is 5.76. The third kappa shape index (κ3) is 4.40. The van der Waals surface area contributed by atoms with Crippen LogP contribution in [0.25, 0.3) is 0 Å². The summed E-state index contributed by atoms with van der Waals surface area (Å²) in [7, 11) is 0. The number of carbonyl (C=O) groups is 1. The molecular formula is C12H19N3O2. The fourth-order valence-electron chi connectivity index (χ4n) is 1.51. The number of primary amides is 1. The number of nitrogens with zero attached hydrogens (tertiary/aromatic N) is 2. The van der Waals surface area contributed by atoms with E-state index in [-0.39, 0.29) is 19.1 Å². The summed E-state index contributed by atoms with van der Waals surface area (Å²) in [6.45, 7) is 2.99. The molecule has 0 aliphatic rings. The number of unbranched alkanes of at least 4 members (excludes halogenated alkanes) is 1. The molecule has 0 radical (unpaired) electrons. The first kappa shape index (κ1) is 13.4. The van der Waals surface area contributed by atoms with E-state index in [0.717, 1.165) is 30.8 Å². The van der Waals surface area contributed by atoms with Gasteiger partial charge in [-0.2, -0.15) is 0 Å². The number of amides is 1. The molecule has 0 atom stereocenters. The van der Waals surface area contributed by atoms with Crippen LogP contribution in [0.5, 0.6) is 0 Å². The highest BCUT2D eigenvalue weighted by atomic mass is 16.3. The van der Waals surface area contributed by atoms with E-state index < -0.39 is 0 Å². The van der Waals surface area contributed by atoms with Gasteiger partial charge in [0.15, 0.2) is 0 Å². The summed E-state index contributed by atoms with van der Waals surface area (Å²) >= 11 is 0. The van der Waals surface area contributed by atoms with Crippen LogP contribution in [-0.2, 0) is 11.4 Å². The minimum Gasteiger partial charge on any atom is -0.392 e. The predicted octanol–water partition coefficient (Wildman–Crippen LogP) is 0.666. The molecule has 1 rings (SSSR count). The lowest BCUT2D eigenvalue weighted by Gasteiger charge is -2.21. The van der Waals surface area contributed by atoms with Crippen molar-refractivity contribution in [2.45, 2.75) is 26.4 Å². The van der Waals surface area contributed by atoms with E-state index in [0.29, 0.717) is 0 Å². The van der Waals surface area contributed by atoms with Crippen LogP contribution < -0.4 is 10.6 Å². The number of nitrogens with two attached hydrogens (primary N) is 1. The van der Waals surface area contributed by atoms with Crippen molar-refractivity contribution in [3.05, 3.63) is 23.9 Å². The van der Waals surface area contributed by atoms with Gasteiger partial charge in [0.25, 0.3) is 0 Å². The second kappa shape index (κ2) is 6.85. The first-order chi connectivity index (χ1) is 8.17. The molecule has 0 unspecified atom stereocenters. The Labute approximate surface area is 101 Å². The van der Waals surface area contributed by atoms with Crippen molar-refractivity contribution >= 4 is 11.7 Å². The minimum absolute atomic E-state index is 0.0297. The van der Waals surface area contributed by atoms with Crippen LogP contribution in [0.15, 0.2) is 18.3 Å². The standard InChI is InChI=1S/C12H19N3O2/c1-2-3-6-15(8-11(13)17)12-5-4-10(9-16)7-14-12/h4-5,7,16H,2-3,6,8-9H2,1H3,(H2,13,17). The highest BCUT2D eigenvalue weighted by Crippen LogP contribution is 2.12. The minimum atomic E-state index is -0.367. The molecular weight excluding hydrogens is 218 g/mol. The summed E-state index contributed by atoms with van der Waals surface area (Å²) in [6, 6.07) is 3.59. The smallest absolute Gasteiger partial charge is 0.236 e. The van der Waals surface area contributed by atoms with Crippen molar-refractivity contribution < 1.29 is 9.90 Å². The number of aliphatic hydroxyl groups is 1. The lowest BCUT2D eigenvalue weighted by atomic mass is 10.2. The molecule has 0 aliphatic heterocycles. The monoisotopic (exact) mass is 237 g/mol. The second-order valence-corrected chi connectivity index (χ2v) is 3.92. The number of anilines is 1. The molecule has 0 aliphatic carbocycles. The summed E-state index contributed by atoms with van der Waals surface area (Å²) in [5, 5.41) is 8.93. The van der Waals surface area contributed by atoms with Gasteiger partial charge in [0.2, 0.25) is 5.91 Å². The van der Waals surface area contributed by atoms with Gasteiger partial charge in [-0.3, -0.25) is 4.79 Å². The molecule has 1 aromatic heterocycles. The van der Waals surface area contributed by atoms with Gasteiger partial charge in [-0.25, -0.2) is 4.98 Å². The lowest BCUT2D eigenvalue weighted by molar-refractivity contribution is -0.116. The Balaban J connectivity index is 2.75. The highest BCUT2D eigenvalue weighted by Gasteiger charge is 2.09. The zero-order valence-electron chi connectivity index (χ0n) is 10.1. The van der Waals surface area contributed by atoms with Gasteiger partial charge < -0.3 is 15.7 Å². The first-order valence-electron chi connectivity index (χ1n) is 5.76. The molecule has 3 N–H and O–H groups in total. The molecule has 5 heteroatoms. The number of carbonyl (C=O) groups excluding carboxylic acids is 1. The Morgan fingerprint density at radius 3 is 2.76 bits per heavy atom. The maximum atomic E-state index is 11.0. The number of aliphatic hydroxyl groups excluding tert-OH is 1. The molecule has 94 valence electrons. The van der Waals surface area contributed by atoms with Crippen molar-refractivity contribution in [2.24, 2.45) is 5.73 Å². The fraction of sp³-hybridized carbons (Fsp3) is 0.500. The lowest BCUT2D eigenvalue weighted by Crippen LogP contribution is -2.35. The molecule has 1 amide bonds. The van der Waals surface area contributed by atoms with Crippen LogP contribution in [0.3, 0.4) is 0 Å². The van der Waals surface area contributed by atoms with E-state index in [1.54, 1.807) is 18.3 Å². The predicted molar refractivity (Wildman–Crippen MR) is 66.5 cm³/mol. The molecule has 1 heterocycles. The Bertz CT molecular complexity index is 351. The molecule has 0 fully saturated rings. The van der Waals surface area contributed by atoms with E-state index >= 15 is 0 Å². The average molecular weight is 237 g/mol. The Morgan fingerprint density at radius 2 is 2.29 bits per heavy atom. The summed E-state index contributed by atoms with van der Waals surface area (Å²) in [5.41, 5.74) is 5.96. The maximum Gasteiger partial charge on any atom is 0.236 e. The van der Waals surface area contributed by atoms with Crippen molar-refractivity contribution in [3.63, 3.8) is 0 Å². The van der Waals surface area contributed by atoms with E-state index in [1.165, 1.54) is 0 Å². The molecule has 0 saturated carbocycles. The van der Waals surface area contributed by atoms with Crippen LogP contribution in [0, 0.1) is 0 Å². The van der Waals surface area contributed by atoms with Crippen LogP contribution in [-0.4, -0.2) is 29.1 Å². The quantitative estimate of drug-likeness (QED) is 0.730. The number of hydrogen-bond donors (Lipinski definition) is 2. The van der Waals surface area contributed by atoms with Crippen LogP contribution in [0.2, 0.25) is 0 Å². The summed E-state index contributed by atoms with van der Waals surface area (Å²) in [6.07, 6.45) is 3.63. The largest absolute Gasteiger partial charge is 0.392 e. The molecule has 0 saturated heterocycles. The van der Waals surface area contributed by atoms with Gasteiger partial charge in [-0.15, -0.1) is 0 Å². The van der Waals surface area contributed by atoms with Crippen molar-refractivity contribution in [1.82, 2.24) is 4.98 Å².